The minimum absolute atomic E-state index is 0.342. The molecule has 0 saturated heterocycles. The maximum atomic E-state index is 12.2. The molecule has 4 atom stereocenters. The summed E-state index contributed by atoms with van der Waals surface area (Å²) in [4.78, 5) is 0.342. The van der Waals surface area contributed by atoms with Gasteiger partial charge in [0, 0.05) is 12.6 Å². The van der Waals surface area contributed by atoms with Gasteiger partial charge in [0.15, 0.2) is 0 Å². The zero-order valence-electron chi connectivity index (χ0n) is 15.3. The van der Waals surface area contributed by atoms with Crippen molar-refractivity contribution < 1.29 is 8.42 Å². The van der Waals surface area contributed by atoms with Crippen LogP contribution in [0.2, 0.25) is 0 Å². The first-order chi connectivity index (χ1) is 12.1. The zero-order valence-corrected chi connectivity index (χ0v) is 16.1. The topological polar surface area (TPSA) is 58.2 Å². The van der Waals surface area contributed by atoms with Crippen molar-refractivity contribution in [2.24, 2.45) is 17.8 Å². The van der Waals surface area contributed by atoms with E-state index < -0.39 is 10.0 Å². The van der Waals surface area contributed by atoms with E-state index in [-0.39, 0.29) is 0 Å². The first-order valence-corrected chi connectivity index (χ1v) is 11.3. The normalized spacial score (nSPS) is 29.5. The number of rotatable bonds is 8. The van der Waals surface area contributed by atoms with Crippen molar-refractivity contribution in [1.29, 1.82) is 0 Å². The van der Waals surface area contributed by atoms with Gasteiger partial charge >= 0.3 is 0 Å². The summed E-state index contributed by atoms with van der Waals surface area (Å²) < 4.78 is 27.1. The molecule has 0 heterocycles. The van der Waals surface area contributed by atoms with E-state index in [9.17, 15) is 8.42 Å². The maximum absolute atomic E-state index is 12.2. The molecule has 0 aromatic heterocycles. The fourth-order valence-corrected chi connectivity index (χ4v) is 5.79. The summed E-state index contributed by atoms with van der Waals surface area (Å²) in [5.74, 6) is 2.71. The van der Waals surface area contributed by atoms with Crippen molar-refractivity contribution in [3.05, 3.63) is 30.3 Å². The number of sulfonamides is 1. The number of hydrogen-bond donors (Lipinski definition) is 2. The van der Waals surface area contributed by atoms with Crippen molar-refractivity contribution in [2.45, 2.75) is 62.8 Å². The third-order valence-corrected chi connectivity index (χ3v) is 7.55. The molecule has 3 rings (SSSR count). The second-order valence-electron chi connectivity index (χ2n) is 7.81. The van der Waals surface area contributed by atoms with Crippen LogP contribution in [0.4, 0.5) is 0 Å². The summed E-state index contributed by atoms with van der Waals surface area (Å²) >= 11 is 0. The minimum Gasteiger partial charge on any atom is -0.314 e. The van der Waals surface area contributed by atoms with E-state index in [1.54, 1.807) is 24.3 Å². The Morgan fingerprint density at radius 2 is 1.84 bits per heavy atom. The molecule has 2 bridgehead atoms. The van der Waals surface area contributed by atoms with Crippen LogP contribution in [0.1, 0.15) is 51.9 Å². The summed E-state index contributed by atoms with van der Waals surface area (Å²) in [6.45, 7) is 3.70. The first kappa shape index (κ1) is 18.9. The third-order valence-electron chi connectivity index (χ3n) is 6.08. The summed E-state index contributed by atoms with van der Waals surface area (Å²) in [6, 6.07) is 9.22. The Hall–Kier alpha value is -0.910. The van der Waals surface area contributed by atoms with E-state index in [0.717, 1.165) is 30.7 Å². The molecule has 4 unspecified atom stereocenters. The predicted molar refractivity (Wildman–Crippen MR) is 102 cm³/mol. The Kier molecular flexibility index (Phi) is 6.53. The van der Waals surface area contributed by atoms with Gasteiger partial charge in [-0.15, -0.1) is 0 Å². The molecule has 1 aromatic rings. The second-order valence-corrected chi connectivity index (χ2v) is 9.58. The molecule has 4 nitrogen and oxygen atoms in total. The summed E-state index contributed by atoms with van der Waals surface area (Å²) in [5.41, 5.74) is 0. The molecule has 2 N–H and O–H groups in total. The molecule has 0 spiro atoms. The van der Waals surface area contributed by atoms with Gasteiger partial charge in [-0.3, -0.25) is 0 Å². The van der Waals surface area contributed by atoms with Crippen LogP contribution in [0, 0.1) is 17.8 Å². The van der Waals surface area contributed by atoms with Crippen LogP contribution in [-0.2, 0) is 10.0 Å². The van der Waals surface area contributed by atoms with Crippen molar-refractivity contribution in [1.82, 2.24) is 10.0 Å². The first-order valence-electron chi connectivity index (χ1n) is 9.86. The van der Waals surface area contributed by atoms with Gasteiger partial charge in [0.1, 0.15) is 0 Å². The van der Waals surface area contributed by atoms with Gasteiger partial charge in [-0.1, -0.05) is 31.5 Å². The van der Waals surface area contributed by atoms with Crippen molar-refractivity contribution >= 4 is 10.0 Å². The van der Waals surface area contributed by atoms with Gasteiger partial charge in [-0.25, -0.2) is 13.1 Å². The van der Waals surface area contributed by atoms with E-state index in [0.29, 0.717) is 17.5 Å². The molecule has 2 saturated carbocycles. The molecule has 0 aliphatic heterocycles. The average Bonchev–Trinajstić information content (AvgIpc) is 2.63. The van der Waals surface area contributed by atoms with E-state index in [1.165, 1.54) is 38.5 Å². The fraction of sp³-hybridized carbons (Fsp3) is 0.700. The largest absolute Gasteiger partial charge is 0.314 e. The van der Waals surface area contributed by atoms with Crippen LogP contribution in [-0.4, -0.2) is 27.5 Å². The Bertz CT molecular complexity index is 632. The molecule has 2 aliphatic rings. The van der Waals surface area contributed by atoms with Crippen LogP contribution in [0.5, 0.6) is 0 Å². The molecular weight excluding hydrogens is 332 g/mol. The average molecular weight is 365 g/mol. The number of hydrogen-bond acceptors (Lipinski definition) is 3. The van der Waals surface area contributed by atoms with Gasteiger partial charge in [0.25, 0.3) is 0 Å². The smallest absolute Gasteiger partial charge is 0.240 e. The Morgan fingerprint density at radius 3 is 2.60 bits per heavy atom. The highest BCUT2D eigenvalue weighted by Crippen LogP contribution is 2.43. The lowest BCUT2D eigenvalue weighted by atomic mass is 9.65. The number of fused-ring (bicyclic) bond motifs is 2. The van der Waals surface area contributed by atoms with Crippen LogP contribution in [0.15, 0.2) is 35.2 Å². The van der Waals surface area contributed by atoms with E-state index in [4.69, 9.17) is 0 Å². The van der Waals surface area contributed by atoms with Crippen LogP contribution < -0.4 is 10.0 Å². The quantitative estimate of drug-likeness (QED) is 0.694. The maximum Gasteiger partial charge on any atom is 0.240 e. The minimum atomic E-state index is -3.37. The van der Waals surface area contributed by atoms with Crippen LogP contribution in [0.25, 0.3) is 0 Å². The van der Waals surface area contributed by atoms with Crippen molar-refractivity contribution in [3.8, 4) is 0 Å². The highest BCUT2D eigenvalue weighted by Gasteiger charge is 2.36. The zero-order chi connectivity index (χ0) is 17.7. The highest BCUT2D eigenvalue weighted by molar-refractivity contribution is 7.89. The second kappa shape index (κ2) is 8.65. The molecule has 0 amide bonds. The Morgan fingerprint density at radius 1 is 1.04 bits per heavy atom. The summed E-state index contributed by atoms with van der Waals surface area (Å²) in [6.07, 6.45) is 9.03. The molecule has 2 aliphatic carbocycles. The SMILES string of the molecule is CCC1CC2CCC(NCCCNS(=O)(=O)c3ccccc3)C(C1)C2. The molecular formula is C20H32N2O2S. The van der Waals surface area contributed by atoms with Crippen LogP contribution >= 0.6 is 0 Å². The van der Waals surface area contributed by atoms with Gasteiger partial charge < -0.3 is 5.32 Å². The Labute approximate surface area is 152 Å². The van der Waals surface area contributed by atoms with E-state index >= 15 is 0 Å². The monoisotopic (exact) mass is 364 g/mol. The molecule has 140 valence electrons. The van der Waals surface area contributed by atoms with E-state index in [2.05, 4.69) is 17.0 Å². The van der Waals surface area contributed by atoms with E-state index in [1.807, 2.05) is 6.07 Å². The Balaban J connectivity index is 1.39. The van der Waals surface area contributed by atoms with Crippen molar-refractivity contribution in [2.75, 3.05) is 13.1 Å². The standard InChI is InChI=1S/C20H32N2O2S/c1-2-16-13-17-9-10-20(18(14-16)15-17)21-11-6-12-22-25(23,24)19-7-4-3-5-8-19/h3-5,7-8,16-18,20-22H,2,6,9-15H2,1H3. The third kappa shape index (κ3) is 5.05. The lowest BCUT2D eigenvalue weighted by Gasteiger charge is -2.44. The molecule has 1 aromatic carbocycles. The molecule has 5 heteroatoms. The molecule has 0 radical (unpaired) electrons. The molecule has 2 fully saturated rings. The van der Waals surface area contributed by atoms with Gasteiger partial charge in [0.2, 0.25) is 10.0 Å². The molecule has 25 heavy (non-hydrogen) atoms. The van der Waals surface area contributed by atoms with Crippen LogP contribution in [0.3, 0.4) is 0 Å². The fourth-order valence-electron chi connectivity index (χ4n) is 4.70. The highest BCUT2D eigenvalue weighted by atomic mass is 32.2. The van der Waals surface area contributed by atoms with Gasteiger partial charge in [0.05, 0.1) is 4.90 Å². The van der Waals surface area contributed by atoms with Gasteiger partial charge in [-0.05, 0) is 75.0 Å². The predicted octanol–water partition coefficient (Wildman–Crippen LogP) is 3.55. The summed E-state index contributed by atoms with van der Waals surface area (Å²) in [5, 5.41) is 3.71. The number of benzene rings is 1. The van der Waals surface area contributed by atoms with Gasteiger partial charge in [-0.2, -0.15) is 0 Å². The lowest BCUT2D eigenvalue weighted by Crippen LogP contribution is -2.44. The lowest BCUT2D eigenvalue weighted by molar-refractivity contribution is 0.100. The van der Waals surface area contributed by atoms with Crippen molar-refractivity contribution in [3.63, 3.8) is 0 Å². The summed E-state index contributed by atoms with van der Waals surface area (Å²) in [7, 11) is -3.37. The number of nitrogens with one attached hydrogen (secondary N) is 2.